The molecule has 0 amide bonds. The van der Waals surface area contributed by atoms with Crippen LogP contribution in [0.3, 0.4) is 0 Å². The minimum atomic E-state index is 0.219. The molecule has 1 saturated carbocycles. The molecule has 1 aromatic heterocycles. The summed E-state index contributed by atoms with van der Waals surface area (Å²) in [7, 11) is 0. The molecular weight excluding hydrogens is 174 g/mol. The van der Waals surface area contributed by atoms with Crippen molar-refractivity contribution in [1.82, 2.24) is 9.78 Å². The molecule has 72 valence electrons. The van der Waals surface area contributed by atoms with Gasteiger partial charge in [-0.3, -0.25) is 4.68 Å². The van der Waals surface area contributed by atoms with Gasteiger partial charge in [0.25, 0.3) is 0 Å². The molecular formula is C11H13N3. The number of nitrogens with two attached hydrogens (primary N) is 1. The minimum absolute atomic E-state index is 0.219. The first-order valence-corrected chi connectivity index (χ1v) is 4.94. The average Bonchev–Trinajstić information content (AvgIpc) is 2.84. The quantitative estimate of drug-likeness (QED) is 0.743. The Labute approximate surface area is 82.5 Å². The topological polar surface area (TPSA) is 43.8 Å². The van der Waals surface area contributed by atoms with Gasteiger partial charge in [0.1, 0.15) is 0 Å². The van der Waals surface area contributed by atoms with E-state index in [-0.39, 0.29) is 5.54 Å². The zero-order valence-corrected chi connectivity index (χ0v) is 8.20. The maximum Gasteiger partial charge on any atom is 0.153 e. The largest absolute Gasteiger partial charge is 0.382 e. The molecule has 0 atom stereocenters. The van der Waals surface area contributed by atoms with Crippen LogP contribution in [-0.2, 0) is 5.54 Å². The van der Waals surface area contributed by atoms with Crippen molar-refractivity contribution >= 4 is 16.7 Å². The number of hydrogen-bond acceptors (Lipinski definition) is 2. The van der Waals surface area contributed by atoms with Gasteiger partial charge in [-0.05, 0) is 31.9 Å². The van der Waals surface area contributed by atoms with Gasteiger partial charge >= 0.3 is 0 Å². The van der Waals surface area contributed by atoms with Gasteiger partial charge in [0, 0.05) is 5.39 Å². The fraction of sp³-hybridized carbons (Fsp3) is 0.364. The van der Waals surface area contributed by atoms with Crippen molar-refractivity contribution in [2.24, 2.45) is 0 Å². The normalized spacial score (nSPS) is 18.6. The first-order valence-electron chi connectivity index (χ1n) is 4.94. The molecule has 3 heteroatoms. The summed E-state index contributed by atoms with van der Waals surface area (Å²) in [5.74, 6) is 0.647. The number of aromatic nitrogens is 2. The van der Waals surface area contributed by atoms with Crippen LogP contribution in [0.2, 0.25) is 0 Å². The smallest absolute Gasteiger partial charge is 0.153 e. The first-order chi connectivity index (χ1) is 6.71. The van der Waals surface area contributed by atoms with E-state index in [2.05, 4.69) is 22.8 Å². The Kier molecular flexibility index (Phi) is 1.29. The highest BCUT2D eigenvalue weighted by molar-refractivity contribution is 5.89. The van der Waals surface area contributed by atoms with Crippen LogP contribution in [0.1, 0.15) is 19.8 Å². The molecule has 1 heterocycles. The summed E-state index contributed by atoms with van der Waals surface area (Å²) in [4.78, 5) is 0. The van der Waals surface area contributed by atoms with Crippen molar-refractivity contribution in [3.63, 3.8) is 0 Å². The number of anilines is 1. The second-order valence-corrected chi connectivity index (χ2v) is 4.31. The molecule has 0 bridgehead atoms. The van der Waals surface area contributed by atoms with Crippen molar-refractivity contribution in [2.45, 2.75) is 25.3 Å². The fourth-order valence-electron chi connectivity index (χ4n) is 1.89. The molecule has 1 fully saturated rings. The van der Waals surface area contributed by atoms with Crippen molar-refractivity contribution in [2.75, 3.05) is 5.73 Å². The van der Waals surface area contributed by atoms with E-state index in [4.69, 9.17) is 5.73 Å². The van der Waals surface area contributed by atoms with Gasteiger partial charge < -0.3 is 5.73 Å². The van der Waals surface area contributed by atoms with Crippen LogP contribution in [0, 0.1) is 0 Å². The Hall–Kier alpha value is -1.51. The Morgan fingerprint density at radius 2 is 2.07 bits per heavy atom. The number of benzene rings is 1. The molecule has 1 aliphatic rings. The predicted octanol–water partition coefficient (Wildman–Crippen LogP) is 2.13. The van der Waals surface area contributed by atoms with Crippen LogP contribution < -0.4 is 5.73 Å². The van der Waals surface area contributed by atoms with Crippen molar-refractivity contribution in [3.05, 3.63) is 24.3 Å². The molecule has 3 rings (SSSR count). The van der Waals surface area contributed by atoms with Gasteiger partial charge in [-0.15, -0.1) is 0 Å². The van der Waals surface area contributed by atoms with Crippen molar-refractivity contribution in [3.8, 4) is 0 Å². The molecule has 14 heavy (non-hydrogen) atoms. The van der Waals surface area contributed by atoms with Crippen LogP contribution in [-0.4, -0.2) is 9.78 Å². The van der Waals surface area contributed by atoms with Crippen LogP contribution in [0.25, 0.3) is 10.9 Å². The Balaban J connectivity index is 2.34. The molecule has 0 aliphatic heterocycles. The molecule has 2 N–H and O–H groups in total. The zero-order chi connectivity index (χ0) is 9.76. The van der Waals surface area contributed by atoms with Crippen LogP contribution in [0.15, 0.2) is 24.3 Å². The van der Waals surface area contributed by atoms with E-state index in [1.807, 2.05) is 18.2 Å². The van der Waals surface area contributed by atoms with Gasteiger partial charge in [0.15, 0.2) is 5.82 Å². The second-order valence-electron chi connectivity index (χ2n) is 4.31. The minimum Gasteiger partial charge on any atom is -0.382 e. The SMILES string of the molecule is CC1(n2nc(N)c3ccccc32)CC1. The van der Waals surface area contributed by atoms with Crippen LogP contribution in [0.4, 0.5) is 5.82 Å². The third-order valence-electron chi connectivity index (χ3n) is 3.10. The predicted molar refractivity (Wildman–Crippen MR) is 57.0 cm³/mol. The molecule has 3 nitrogen and oxygen atoms in total. The summed E-state index contributed by atoms with van der Waals surface area (Å²) in [6.07, 6.45) is 2.41. The number of fused-ring (bicyclic) bond motifs is 1. The number of hydrogen-bond donors (Lipinski definition) is 1. The molecule has 1 aliphatic carbocycles. The van der Waals surface area contributed by atoms with E-state index >= 15 is 0 Å². The van der Waals surface area contributed by atoms with Crippen LogP contribution in [0.5, 0.6) is 0 Å². The third kappa shape index (κ3) is 0.895. The zero-order valence-electron chi connectivity index (χ0n) is 8.20. The number of para-hydroxylation sites is 1. The molecule has 0 saturated heterocycles. The highest BCUT2D eigenvalue weighted by Crippen LogP contribution is 2.44. The highest BCUT2D eigenvalue weighted by atomic mass is 15.4. The maximum absolute atomic E-state index is 5.87. The van der Waals surface area contributed by atoms with E-state index in [1.165, 1.54) is 12.8 Å². The maximum atomic E-state index is 5.87. The lowest BCUT2D eigenvalue weighted by atomic mass is 10.2. The Bertz CT molecular complexity index is 494. The van der Waals surface area contributed by atoms with Crippen LogP contribution >= 0.6 is 0 Å². The summed E-state index contributed by atoms with van der Waals surface area (Å²) in [6, 6.07) is 8.15. The van der Waals surface area contributed by atoms with E-state index in [1.54, 1.807) is 0 Å². The number of nitrogen functional groups attached to an aromatic ring is 1. The highest BCUT2D eigenvalue weighted by Gasteiger charge is 2.41. The third-order valence-corrected chi connectivity index (χ3v) is 3.10. The van der Waals surface area contributed by atoms with E-state index in [0.717, 1.165) is 10.9 Å². The summed E-state index contributed by atoms with van der Waals surface area (Å²) >= 11 is 0. The van der Waals surface area contributed by atoms with Gasteiger partial charge in [-0.1, -0.05) is 12.1 Å². The van der Waals surface area contributed by atoms with Gasteiger partial charge in [0.2, 0.25) is 0 Å². The summed E-state index contributed by atoms with van der Waals surface area (Å²) < 4.78 is 2.08. The number of rotatable bonds is 1. The summed E-state index contributed by atoms with van der Waals surface area (Å²) in [6.45, 7) is 2.23. The first kappa shape index (κ1) is 7.85. The van der Waals surface area contributed by atoms with Crippen molar-refractivity contribution < 1.29 is 0 Å². The molecule has 0 spiro atoms. The lowest BCUT2D eigenvalue weighted by Crippen LogP contribution is -2.13. The van der Waals surface area contributed by atoms with E-state index in [0.29, 0.717) is 5.82 Å². The molecule has 1 aromatic carbocycles. The second kappa shape index (κ2) is 2.29. The average molecular weight is 187 g/mol. The van der Waals surface area contributed by atoms with E-state index in [9.17, 15) is 0 Å². The fourth-order valence-corrected chi connectivity index (χ4v) is 1.89. The molecule has 0 unspecified atom stereocenters. The van der Waals surface area contributed by atoms with E-state index < -0.39 is 0 Å². The monoisotopic (exact) mass is 187 g/mol. The lowest BCUT2D eigenvalue weighted by Gasteiger charge is -2.09. The van der Waals surface area contributed by atoms with Gasteiger partial charge in [-0.2, -0.15) is 5.10 Å². The van der Waals surface area contributed by atoms with Gasteiger partial charge in [0.05, 0.1) is 11.1 Å². The summed E-state index contributed by atoms with van der Waals surface area (Å²) in [5.41, 5.74) is 7.25. The molecule has 0 radical (unpaired) electrons. The Morgan fingerprint density at radius 3 is 2.79 bits per heavy atom. The lowest BCUT2D eigenvalue weighted by molar-refractivity contribution is 0.491. The van der Waals surface area contributed by atoms with Crippen molar-refractivity contribution in [1.29, 1.82) is 0 Å². The number of nitrogens with zero attached hydrogens (tertiary/aromatic N) is 2. The summed E-state index contributed by atoms with van der Waals surface area (Å²) in [5, 5.41) is 5.49. The Morgan fingerprint density at radius 1 is 1.36 bits per heavy atom. The molecule has 2 aromatic rings. The standard InChI is InChI=1S/C11H13N3/c1-11(6-7-11)14-9-5-3-2-4-8(9)10(12)13-14/h2-5H,6-7H2,1H3,(H2,12,13). The van der Waals surface area contributed by atoms with Gasteiger partial charge in [-0.25, -0.2) is 0 Å².